The minimum Gasteiger partial charge on any atom is -0.355 e. The second-order valence-electron chi connectivity index (χ2n) is 7.51. The van der Waals surface area contributed by atoms with Gasteiger partial charge in [0, 0.05) is 17.6 Å². The molecule has 0 unspecified atom stereocenters. The van der Waals surface area contributed by atoms with Crippen molar-refractivity contribution in [3.63, 3.8) is 0 Å². The predicted molar refractivity (Wildman–Crippen MR) is 131 cm³/mol. The van der Waals surface area contributed by atoms with Gasteiger partial charge in [0.2, 0.25) is 21.8 Å². The number of carbonyl (C=O) groups is 2. The number of aryl methyl sites for hydroxylation is 1. The number of likely N-dealkylation sites (N-methyl/N-ethyl adjacent to an activating group) is 1. The number of carbonyl (C=O) groups excluding carboxylic acids is 2. The molecule has 2 aromatic carbocycles. The lowest BCUT2D eigenvalue weighted by Gasteiger charge is -2.33. The molecule has 9 heteroatoms. The zero-order valence-electron chi connectivity index (χ0n) is 18.8. The fraction of sp³-hybridized carbons (Fsp3) is 0.391. The number of halogens is 1. The average molecular weight is 524 g/mol. The summed E-state index contributed by atoms with van der Waals surface area (Å²) in [6.45, 7) is 5.84. The lowest BCUT2D eigenvalue weighted by atomic mass is 10.1. The van der Waals surface area contributed by atoms with E-state index in [0.717, 1.165) is 26.2 Å². The van der Waals surface area contributed by atoms with Crippen LogP contribution in [0.5, 0.6) is 0 Å². The van der Waals surface area contributed by atoms with Crippen molar-refractivity contribution < 1.29 is 18.0 Å². The topological polar surface area (TPSA) is 86.8 Å². The van der Waals surface area contributed by atoms with Crippen molar-refractivity contribution in [3.05, 3.63) is 64.1 Å². The van der Waals surface area contributed by atoms with Crippen molar-refractivity contribution in [2.75, 3.05) is 23.7 Å². The Balaban J connectivity index is 2.43. The number of sulfonamides is 1. The Bertz CT molecular complexity index is 1040. The van der Waals surface area contributed by atoms with Crippen LogP contribution in [0.3, 0.4) is 0 Å². The van der Waals surface area contributed by atoms with E-state index in [1.807, 2.05) is 45.0 Å². The fourth-order valence-corrected chi connectivity index (χ4v) is 4.52. The molecule has 0 spiro atoms. The van der Waals surface area contributed by atoms with Crippen LogP contribution in [0.25, 0.3) is 0 Å². The van der Waals surface area contributed by atoms with Gasteiger partial charge in [-0.15, -0.1) is 0 Å². The quantitative estimate of drug-likeness (QED) is 0.516. The number of anilines is 1. The number of nitrogens with zero attached hydrogens (tertiary/aromatic N) is 2. The molecule has 0 heterocycles. The van der Waals surface area contributed by atoms with Crippen LogP contribution in [0.2, 0.25) is 0 Å². The van der Waals surface area contributed by atoms with Crippen molar-refractivity contribution in [1.82, 2.24) is 10.2 Å². The molecule has 1 atom stereocenters. The van der Waals surface area contributed by atoms with E-state index in [2.05, 4.69) is 21.2 Å². The highest BCUT2D eigenvalue weighted by molar-refractivity contribution is 9.10. The Labute approximate surface area is 199 Å². The van der Waals surface area contributed by atoms with Gasteiger partial charge in [-0.05, 0) is 55.7 Å². The summed E-state index contributed by atoms with van der Waals surface area (Å²) in [6, 6.07) is 13.6. The van der Waals surface area contributed by atoms with E-state index < -0.39 is 28.5 Å². The van der Waals surface area contributed by atoms with Crippen molar-refractivity contribution in [1.29, 1.82) is 0 Å². The molecule has 0 fully saturated rings. The number of rotatable bonds is 10. The highest BCUT2D eigenvalue weighted by atomic mass is 79.9. The maximum absolute atomic E-state index is 13.5. The number of nitrogens with one attached hydrogen (secondary N) is 1. The monoisotopic (exact) mass is 523 g/mol. The van der Waals surface area contributed by atoms with E-state index in [9.17, 15) is 18.0 Å². The van der Waals surface area contributed by atoms with E-state index in [0.29, 0.717) is 18.7 Å². The molecule has 0 aliphatic heterocycles. The molecule has 2 amide bonds. The van der Waals surface area contributed by atoms with Crippen molar-refractivity contribution in [2.45, 2.75) is 39.8 Å². The molecule has 2 rings (SSSR count). The van der Waals surface area contributed by atoms with Crippen molar-refractivity contribution in [3.8, 4) is 0 Å². The van der Waals surface area contributed by atoms with Gasteiger partial charge in [-0.25, -0.2) is 8.42 Å². The second kappa shape index (κ2) is 11.5. The van der Waals surface area contributed by atoms with Gasteiger partial charge in [-0.2, -0.15) is 0 Å². The van der Waals surface area contributed by atoms with Crippen LogP contribution in [0.1, 0.15) is 31.4 Å². The summed E-state index contributed by atoms with van der Waals surface area (Å²) < 4.78 is 26.9. The number of benzene rings is 2. The minimum atomic E-state index is -3.73. The van der Waals surface area contributed by atoms with E-state index in [-0.39, 0.29) is 12.5 Å². The highest BCUT2D eigenvalue weighted by Gasteiger charge is 2.31. The summed E-state index contributed by atoms with van der Waals surface area (Å²) >= 11 is 3.33. The molecule has 32 heavy (non-hydrogen) atoms. The molecule has 0 aromatic heterocycles. The zero-order valence-corrected chi connectivity index (χ0v) is 21.2. The van der Waals surface area contributed by atoms with Gasteiger partial charge in [0.1, 0.15) is 12.6 Å². The normalized spacial score (nSPS) is 12.2. The van der Waals surface area contributed by atoms with Crippen molar-refractivity contribution in [2.24, 2.45) is 0 Å². The van der Waals surface area contributed by atoms with Gasteiger partial charge in [-0.3, -0.25) is 13.9 Å². The molecule has 2 aromatic rings. The number of amides is 2. The maximum atomic E-state index is 13.5. The maximum Gasteiger partial charge on any atom is 0.244 e. The van der Waals surface area contributed by atoms with Crippen molar-refractivity contribution >= 4 is 43.5 Å². The van der Waals surface area contributed by atoms with Crippen LogP contribution in [-0.2, 0) is 26.2 Å². The molecular formula is C23H30BrN3O4S. The Hall–Kier alpha value is -2.39. The summed E-state index contributed by atoms with van der Waals surface area (Å²) in [5, 5.41) is 2.78. The Morgan fingerprint density at radius 1 is 1.06 bits per heavy atom. The molecule has 0 saturated carbocycles. The van der Waals surface area contributed by atoms with Gasteiger partial charge in [-0.1, -0.05) is 47.1 Å². The van der Waals surface area contributed by atoms with Gasteiger partial charge in [0.05, 0.1) is 11.9 Å². The average Bonchev–Trinajstić information content (AvgIpc) is 2.73. The van der Waals surface area contributed by atoms with Gasteiger partial charge >= 0.3 is 0 Å². The summed E-state index contributed by atoms with van der Waals surface area (Å²) in [4.78, 5) is 27.7. The summed E-state index contributed by atoms with van der Waals surface area (Å²) in [5.41, 5.74) is 2.27. The molecule has 7 nitrogen and oxygen atoms in total. The SMILES string of the molecule is CCNC(=O)[C@H](CC)N(Cc1ccccc1C)C(=O)CN(c1ccc(Br)cc1)S(C)(=O)=O. The summed E-state index contributed by atoms with van der Waals surface area (Å²) in [5.74, 6) is -0.703. The predicted octanol–water partition coefficient (Wildman–Crippen LogP) is 3.47. The molecule has 0 aliphatic rings. The standard InChI is InChI=1S/C23H30BrN3O4S/c1-5-21(23(29)25-6-2)26(15-18-10-8-7-9-17(18)3)22(28)16-27(32(4,30)31)20-13-11-19(24)12-14-20/h7-14,21H,5-6,15-16H2,1-4H3,(H,25,29)/t21-/m0/s1. The minimum absolute atomic E-state index is 0.207. The third-order valence-corrected chi connectivity index (χ3v) is 6.80. The van der Waals surface area contributed by atoms with Gasteiger partial charge < -0.3 is 10.2 Å². The molecule has 0 saturated heterocycles. The van der Waals surface area contributed by atoms with Crippen LogP contribution in [0.4, 0.5) is 5.69 Å². The first-order chi connectivity index (χ1) is 15.1. The third-order valence-electron chi connectivity index (χ3n) is 5.13. The summed E-state index contributed by atoms with van der Waals surface area (Å²) in [6.07, 6.45) is 1.47. The van der Waals surface area contributed by atoms with Crippen LogP contribution in [0, 0.1) is 6.92 Å². The zero-order chi connectivity index (χ0) is 23.9. The first-order valence-electron chi connectivity index (χ1n) is 10.4. The smallest absolute Gasteiger partial charge is 0.244 e. The largest absolute Gasteiger partial charge is 0.355 e. The van der Waals surface area contributed by atoms with E-state index in [1.54, 1.807) is 24.3 Å². The molecule has 0 radical (unpaired) electrons. The van der Waals surface area contributed by atoms with E-state index >= 15 is 0 Å². The first-order valence-corrected chi connectivity index (χ1v) is 13.1. The summed E-state index contributed by atoms with van der Waals surface area (Å²) in [7, 11) is -3.73. The third kappa shape index (κ3) is 6.80. The highest BCUT2D eigenvalue weighted by Crippen LogP contribution is 2.22. The Morgan fingerprint density at radius 3 is 2.22 bits per heavy atom. The Kier molecular flexibility index (Phi) is 9.27. The number of hydrogen-bond donors (Lipinski definition) is 1. The fourth-order valence-electron chi connectivity index (χ4n) is 3.40. The van der Waals surface area contributed by atoms with E-state index in [4.69, 9.17) is 0 Å². The lowest BCUT2D eigenvalue weighted by Crippen LogP contribution is -2.52. The molecular weight excluding hydrogens is 494 g/mol. The van der Waals surface area contributed by atoms with Crippen LogP contribution < -0.4 is 9.62 Å². The molecule has 174 valence electrons. The second-order valence-corrected chi connectivity index (χ2v) is 10.3. The lowest BCUT2D eigenvalue weighted by molar-refractivity contribution is -0.140. The Morgan fingerprint density at radius 2 is 1.69 bits per heavy atom. The molecule has 1 N–H and O–H groups in total. The van der Waals surface area contributed by atoms with Crippen LogP contribution >= 0.6 is 15.9 Å². The number of hydrogen-bond acceptors (Lipinski definition) is 4. The van der Waals surface area contributed by atoms with Crippen LogP contribution in [-0.4, -0.2) is 50.5 Å². The van der Waals surface area contributed by atoms with E-state index in [1.165, 1.54) is 4.90 Å². The molecule has 0 aliphatic carbocycles. The molecule has 0 bridgehead atoms. The van der Waals surface area contributed by atoms with Gasteiger partial charge in [0.15, 0.2) is 0 Å². The van der Waals surface area contributed by atoms with Gasteiger partial charge in [0.25, 0.3) is 0 Å². The van der Waals surface area contributed by atoms with Crippen LogP contribution in [0.15, 0.2) is 53.0 Å². The first kappa shape index (κ1) is 25.9.